The second-order valence-electron chi connectivity index (χ2n) is 5.00. The standard InChI is InChI=1S/C14H15F2N3S/c15-12-2-1-3-13(16)11(12)8-19(9-4-5-9)7-10-6-18-14(17)20-10/h1-3,6,9H,4-5,7-8H2,(H2,17,18). The highest BCUT2D eigenvalue weighted by atomic mass is 32.1. The zero-order valence-corrected chi connectivity index (χ0v) is 11.7. The van der Waals surface area contributed by atoms with E-state index in [1.54, 1.807) is 6.20 Å². The Bertz CT molecular complexity index is 590. The Kier molecular flexibility index (Phi) is 3.67. The average molecular weight is 295 g/mol. The molecule has 1 heterocycles. The number of nitrogen functional groups attached to an aromatic ring is 1. The summed E-state index contributed by atoms with van der Waals surface area (Å²) >= 11 is 1.42. The molecule has 1 saturated carbocycles. The molecule has 0 saturated heterocycles. The molecule has 20 heavy (non-hydrogen) atoms. The van der Waals surface area contributed by atoms with Crippen LogP contribution in [-0.2, 0) is 13.1 Å². The third-order valence-corrected chi connectivity index (χ3v) is 4.23. The van der Waals surface area contributed by atoms with Crippen LogP contribution in [0.1, 0.15) is 23.3 Å². The van der Waals surface area contributed by atoms with E-state index in [4.69, 9.17) is 5.73 Å². The van der Waals surface area contributed by atoms with Gasteiger partial charge in [0.1, 0.15) is 11.6 Å². The maximum Gasteiger partial charge on any atom is 0.180 e. The Hall–Kier alpha value is -1.53. The van der Waals surface area contributed by atoms with Gasteiger partial charge in [0, 0.05) is 35.8 Å². The van der Waals surface area contributed by atoms with Crippen molar-refractivity contribution in [3.63, 3.8) is 0 Å². The smallest absolute Gasteiger partial charge is 0.180 e. The topological polar surface area (TPSA) is 42.1 Å². The molecule has 0 amide bonds. The highest BCUT2D eigenvalue weighted by molar-refractivity contribution is 7.15. The highest BCUT2D eigenvalue weighted by Gasteiger charge is 2.30. The van der Waals surface area contributed by atoms with Crippen molar-refractivity contribution >= 4 is 16.5 Å². The van der Waals surface area contributed by atoms with Gasteiger partial charge in [0.05, 0.1) is 0 Å². The van der Waals surface area contributed by atoms with Crippen molar-refractivity contribution in [3.8, 4) is 0 Å². The first-order valence-electron chi connectivity index (χ1n) is 6.50. The maximum atomic E-state index is 13.7. The summed E-state index contributed by atoms with van der Waals surface area (Å²) in [6, 6.07) is 4.39. The van der Waals surface area contributed by atoms with E-state index in [1.165, 1.54) is 29.5 Å². The van der Waals surface area contributed by atoms with Crippen LogP contribution in [-0.4, -0.2) is 15.9 Å². The lowest BCUT2D eigenvalue weighted by Gasteiger charge is -2.21. The number of thiazole rings is 1. The minimum atomic E-state index is -0.487. The van der Waals surface area contributed by atoms with Crippen LogP contribution >= 0.6 is 11.3 Å². The lowest BCUT2D eigenvalue weighted by Crippen LogP contribution is -2.25. The summed E-state index contributed by atoms with van der Waals surface area (Å²) in [5.74, 6) is -0.973. The Morgan fingerprint density at radius 2 is 1.95 bits per heavy atom. The van der Waals surface area contributed by atoms with Gasteiger partial charge in [-0.25, -0.2) is 13.8 Å². The van der Waals surface area contributed by atoms with E-state index in [0.717, 1.165) is 17.7 Å². The molecular formula is C14H15F2N3S. The monoisotopic (exact) mass is 295 g/mol. The van der Waals surface area contributed by atoms with Crippen LogP contribution in [0, 0.1) is 11.6 Å². The SMILES string of the molecule is Nc1ncc(CN(Cc2c(F)cccc2F)C2CC2)s1. The molecule has 0 aliphatic heterocycles. The Labute approximate surface area is 120 Å². The van der Waals surface area contributed by atoms with Gasteiger partial charge >= 0.3 is 0 Å². The van der Waals surface area contributed by atoms with Gasteiger partial charge in [-0.2, -0.15) is 0 Å². The maximum absolute atomic E-state index is 13.7. The van der Waals surface area contributed by atoms with E-state index in [9.17, 15) is 8.78 Å². The van der Waals surface area contributed by atoms with Crippen molar-refractivity contribution in [1.29, 1.82) is 0 Å². The number of benzene rings is 1. The average Bonchev–Trinajstić information content (AvgIpc) is 3.17. The molecule has 0 atom stereocenters. The van der Waals surface area contributed by atoms with Gasteiger partial charge in [0.25, 0.3) is 0 Å². The predicted molar refractivity (Wildman–Crippen MR) is 75.2 cm³/mol. The van der Waals surface area contributed by atoms with Crippen molar-refractivity contribution in [3.05, 3.63) is 46.5 Å². The van der Waals surface area contributed by atoms with Crippen LogP contribution in [0.3, 0.4) is 0 Å². The number of nitrogens with two attached hydrogens (primary N) is 1. The van der Waals surface area contributed by atoms with Gasteiger partial charge in [-0.1, -0.05) is 6.07 Å². The summed E-state index contributed by atoms with van der Waals surface area (Å²) in [6.45, 7) is 0.911. The summed E-state index contributed by atoms with van der Waals surface area (Å²) in [7, 11) is 0. The van der Waals surface area contributed by atoms with Crippen LogP contribution in [0.5, 0.6) is 0 Å². The third kappa shape index (κ3) is 2.96. The lowest BCUT2D eigenvalue weighted by atomic mass is 10.2. The largest absolute Gasteiger partial charge is 0.375 e. The Morgan fingerprint density at radius 1 is 1.25 bits per heavy atom. The van der Waals surface area contributed by atoms with Crippen molar-refractivity contribution in [2.24, 2.45) is 0 Å². The first-order chi connectivity index (χ1) is 9.63. The van der Waals surface area contributed by atoms with Crippen LogP contribution < -0.4 is 5.73 Å². The Balaban J connectivity index is 1.78. The molecule has 3 nitrogen and oxygen atoms in total. The minimum Gasteiger partial charge on any atom is -0.375 e. The van der Waals surface area contributed by atoms with Gasteiger partial charge in [0.2, 0.25) is 0 Å². The quantitative estimate of drug-likeness (QED) is 0.921. The molecule has 1 aliphatic carbocycles. The summed E-state index contributed by atoms with van der Waals surface area (Å²) < 4.78 is 27.5. The summed E-state index contributed by atoms with van der Waals surface area (Å²) in [5, 5.41) is 0.521. The molecule has 0 unspecified atom stereocenters. The number of aromatic nitrogens is 1. The van der Waals surface area contributed by atoms with Crippen molar-refractivity contribution in [1.82, 2.24) is 9.88 Å². The van der Waals surface area contributed by atoms with Crippen LogP contribution in [0.15, 0.2) is 24.4 Å². The fraction of sp³-hybridized carbons (Fsp3) is 0.357. The molecule has 2 aromatic rings. The van der Waals surface area contributed by atoms with Gasteiger partial charge in [-0.15, -0.1) is 11.3 Å². The van der Waals surface area contributed by atoms with E-state index < -0.39 is 11.6 Å². The van der Waals surface area contributed by atoms with Crippen LogP contribution in [0.2, 0.25) is 0 Å². The second-order valence-corrected chi connectivity index (χ2v) is 6.15. The molecule has 3 rings (SSSR count). The molecule has 1 aliphatic rings. The van der Waals surface area contributed by atoms with Crippen LogP contribution in [0.4, 0.5) is 13.9 Å². The number of nitrogens with zero attached hydrogens (tertiary/aromatic N) is 2. The van der Waals surface area contributed by atoms with Gasteiger partial charge in [0.15, 0.2) is 5.13 Å². The molecule has 6 heteroatoms. The van der Waals surface area contributed by atoms with Gasteiger partial charge in [-0.3, -0.25) is 4.90 Å². The summed E-state index contributed by atoms with van der Waals surface area (Å²) in [4.78, 5) is 7.12. The number of hydrogen-bond donors (Lipinski definition) is 1. The number of halogens is 2. The molecule has 1 aromatic heterocycles. The van der Waals surface area contributed by atoms with Crippen LogP contribution in [0.25, 0.3) is 0 Å². The molecule has 0 bridgehead atoms. The van der Waals surface area contributed by atoms with Gasteiger partial charge < -0.3 is 5.73 Å². The van der Waals surface area contributed by atoms with Crippen molar-refractivity contribution < 1.29 is 8.78 Å². The first kappa shape index (κ1) is 13.5. The number of rotatable bonds is 5. The molecule has 1 aromatic carbocycles. The van der Waals surface area contributed by atoms with Crippen molar-refractivity contribution in [2.75, 3.05) is 5.73 Å². The number of anilines is 1. The molecule has 106 valence electrons. The molecule has 2 N–H and O–H groups in total. The molecule has 1 fully saturated rings. The first-order valence-corrected chi connectivity index (χ1v) is 7.32. The van der Waals surface area contributed by atoms with Crippen molar-refractivity contribution in [2.45, 2.75) is 32.0 Å². The Morgan fingerprint density at radius 3 is 2.50 bits per heavy atom. The van der Waals surface area contributed by atoms with E-state index >= 15 is 0 Å². The fourth-order valence-electron chi connectivity index (χ4n) is 2.24. The predicted octanol–water partition coefficient (Wildman–Crippen LogP) is 3.17. The lowest BCUT2D eigenvalue weighted by molar-refractivity contribution is 0.240. The van der Waals surface area contributed by atoms with E-state index in [-0.39, 0.29) is 12.1 Å². The normalized spacial score (nSPS) is 14.9. The zero-order chi connectivity index (χ0) is 14.1. The third-order valence-electron chi connectivity index (χ3n) is 3.42. The van der Waals surface area contributed by atoms with E-state index in [0.29, 0.717) is 17.7 Å². The molecular weight excluding hydrogens is 280 g/mol. The number of hydrogen-bond acceptors (Lipinski definition) is 4. The summed E-state index contributed by atoms with van der Waals surface area (Å²) in [5.41, 5.74) is 5.75. The summed E-state index contributed by atoms with van der Waals surface area (Å²) in [6.07, 6.45) is 3.88. The van der Waals surface area contributed by atoms with Gasteiger partial charge in [-0.05, 0) is 25.0 Å². The highest BCUT2D eigenvalue weighted by Crippen LogP contribution is 2.31. The van der Waals surface area contributed by atoms with E-state index in [1.807, 2.05) is 0 Å². The molecule has 0 radical (unpaired) electrons. The fourth-order valence-corrected chi connectivity index (χ4v) is 2.95. The molecule has 0 spiro atoms. The second kappa shape index (κ2) is 5.46. The minimum absolute atomic E-state index is 0.136. The van der Waals surface area contributed by atoms with E-state index in [2.05, 4.69) is 9.88 Å². The zero-order valence-electron chi connectivity index (χ0n) is 10.9.